The zero-order valence-electron chi connectivity index (χ0n) is 14.0. The van der Waals surface area contributed by atoms with E-state index in [0.29, 0.717) is 5.41 Å². The number of rotatable bonds is 3. The fraction of sp³-hybridized carbons (Fsp3) is 0.765. The molecule has 0 aromatic carbocycles. The van der Waals surface area contributed by atoms with Crippen molar-refractivity contribution in [1.29, 1.82) is 0 Å². The zero-order chi connectivity index (χ0) is 15.4. The Kier molecular flexibility index (Phi) is 4.69. The highest BCUT2D eigenvalue weighted by molar-refractivity contribution is 5.80. The maximum Gasteiger partial charge on any atom is 0.193 e. The first-order valence-electron chi connectivity index (χ1n) is 8.65. The first kappa shape index (κ1) is 15.4. The van der Waals surface area contributed by atoms with Crippen LogP contribution in [0, 0.1) is 12.3 Å². The Morgan fingerprint density at radius 3 is 2.82 bits per heavy atom. The lowest BCUT2D eigenvalue weighted by Crippen LogP contribution is -2.42. The summed E-state index contributed by atoms with van der Waals surface area (Å²) in [5.74, 6) is 1.06. The first-order chi connectivity index (χ1) is 10.7. The third kappa shape index (κ3) is 3.45. The summed E-state index contributed by atoms with van der Waals surface area (Å²) in [6.45, 7) is 6.17. The average Bonchev–Trinajstić information content (AvgIpc) is 3.12. The van der Waals surface area contributed by atoms with Crippen LogP contribution in [0.3, 0.4) is 0 Å². The highest BCUT2D eigenvalue weighted by Gasteiger charge is 2.39. The van der Waals surface area contributed by atoms with Crippen molar-refractivity contribution in [2.24, 2.45) is 10.4 Å². The first-order valence-corrected chi connectivity index (χ1v) is 8.65. The average molecular weight is 303 g/mol. The van der Waals surface area contributed by atoms with E-state index in [2.05, 4.69) is 33.4 Å². The summed E-state index contributed by atoms with van der Waals surface area (Å²) in [4.78, 5) is 6.94. The maximum absolute atomic E-state index is 4.49. The molecular weight excluding hydrogens is 274 g/mol. The van der Waals surface area contributed by atoms with Crippen molar-refractivity contribution in [3.8, 4) is 0 Å². The molecule has 1 aromatic rings. The van der Waals surface area contributed by atoms with Crippen molar-refractivity contribution >= 4 is 5.96 Å². The minimum absolute atomic E-state index is 0.578. The molecule has 1 N–H and O–H groups in total. The zero-order valence-corrected chi connectivity index (χ0v) is 14.0. The Hall–Kier alpha value is -1.52. The molecule has 3 rings (SSSR count). The fourth-order valence-corrected chi connectivity index (χ4v) is 4.03. The molecule has 1 aromatic heterocycles. The molecule has 2 heterocycles. The second-order valence-corrected chi connectivity index (χ2v) is 6.99. The van der Waals surface area contributed by atoms with Crippen LogP contribution in [0.2, 0.25) is 0 Å². The SMILES string of the molecule is CN=C(NCCn1cc(C)cn1)N1CCC2(CCCCC2)C1. The molecule has 1 saturated heterocycles. The molecule has 2 fully saturated rings. The predicted octanol–water partition coefficient (Wildman–Crippen LogP) is 2.42. The van der Waals surface area contributed by atoms with E-state index in [1.165, 1.54) is 50.6 Å². The minimum atomic E-state index is 0.578. The molecule has 22 heavy (non-hydrogen) atoms. The number of nitrogens with zero attached hydrogens (tertiary/aromatic N) is 4. The van der Waals surface area contributed by atoms with Crippen molar-refractivity contribution in [3.63, 3.8) is 0 Å². The number of aliphatic imine (C=N–C) groups is 1. The second-order valence-electron chi connectivity index (χ2n) is 6.99. The van der Waals surface area contributed by atoms with Gasteiger partial charge in [0.1, 0.15) is 0 Å². The number of hydrogen-bond donors (Lipinski definition) is 1. The molecule has 0 unspecified atom stereocenters. The lowest BCUT2D eigenvalue weighted by Gasteiger charge is -2.33. The van der Waals surface area contributed by atoms with E-state index in [0.717, 1.165) is 25.6 Å². The smallest absolute Gasteiger partial charge is 0.193 e. The van der Waals surface area contributed by atoms with Crippen molar-refractivity contribution in [2.75, 3.05) is 26.7 Å². The van der Waals surface area contributed by atoms with E-state index in [1.54, 1.807) is 0 Å². The Morgan fingerprint density at radius 1 is 1.32 bits per heavy atom. The molecule has 1 spiro atoms. The van der Waals surface area contributed by atoms with E-state index in [4.69, 9.17) is 0 Å². The van der Waals surface area contributed by atoms with Crippen LogP contribution in [0.5, 0.6) is 0 Å². The van der Waals surface area contributed by atoms with Gasteiger partial charge in [-0.15, -0.1) is 0 Å². The number of aromatic nitrogens is 2. The molecule has 5 heteroatoms. The van der Waals surface area contributed by atoms with Gasteiger partial charge in [-0.05, 0) is 37.2 Å². The molecule has 1 saturated carbocycles. The van der Waals surface area contributed by atoms with Gasteiger partial charge in [-0.25, -0.2) is 0 Å². The summed E-state index contributed by atoms with van der Waals surface area (Å²) < 4.78 is 1.99. The van der Waals surface area contributed by atoms with E-state index >= 15 is 0 Å². The van der Waals surface area contributed by atoms with Crippen LogP contribution < -0.4 is 5.32 Å². The van der Waals surface area contributed by atoms with Gasteiger partial charge in [-0.1, -0.05) is 19.3 Å². The van der Waals surface area contributed by atoms with Gasteiger partial charge < -0.3 is 10.2 Å². The van der Waals surface area contributed by atoms with Crippen LogP contribution in [0.25, 0.3) is 0 Å². The maximum atomic E-state index is 4.49. The fourth-order valence-electron chi connectivity index (χ4n) is 4.03. The van der Waals surface area contributed by atoms with E-state index in [9.17, 15) is 0 Å². The van der Waals surface area contributed by atoms with Crippen molar-refractivity contribution in [3.05, 3.63) is 18.0 Å². The monoisotopic (exact) mass is 303 g/mol. The number of likely N-dealkylation sites (tertiary alicyclic amines) is 1. The van der Waals surface area contributed by atoms with Crippen LogP contribution in [-0.4, -0.2) is 47.3 Å². The number of guanidine groups is 1. The van der Waals surface area contributed by atoms with Crippen molar-refractivity contribution in [1.82, 2.24) is 20.0 Å². The summed E-state index contributed by atoms with van der Waals surface area (Å²) in [5.41, 5.74) is 1.79. The summed E-state index contributed by atoms with van der Waals surface area (Å²) in [6, 6.07) is 0. The topological polar surface area (TPSA) is 45.5 Å². The third-order valence-electron chi connectivity index (χ3n) is 5.25. The summed E-state index contributed by atoms with van der Waals surface area (Å²) in [5, 5.41) is 7.83. The number of hydrogen-bond acceptors (Lipinski definition) is 2. The molecule has 0 atom stereocenters. The molecular formula is C17H29N5. The molecule has 1 aliphatic carbocycles. The molecule has 2 aliphatic rings. The second kappa shape index (κ2) is 6.71. The largest absolute Gasteiger partial charge is 0.354 e. The lowest BCUT2D eigenvalue weighted by molar-refractivity contribution is 0.203. The molecule has 0 radical (unpaired) electrons. The quantitative estimate of drug-likeness (QED) is 0.689. The van der Waals surface area contributed by atoms with E-state index < -0.39 is 0 Å². The van der Waals surface area contributed by atoms with Crippen LogP contribution in [0.15, 0.2) is 17.4 Å². The van der Waals surface area contributed by atoms with Crippen LogP contribution >= 0.6 is 0 Å². The van der Waals surface area contributed by atoms with E-state index in [-0.39, 0.29) is 0 Å². The molecule has 1 aliphatic heterocycles. The Balaban J connectivity index is 1.49. The third-order valence-corrected chi connectivity index (χ3v) is 5.25. The minimum Gasteiger partial charge on any atom is -0.354 e. The van der Waals surface area contributed by atoms with Gasteiger partial charge in [0.25, 0.3) is 0 Å². The summed E-state index contributed by atoms with van der Waals surface area (Å²) >= 11 is 0. The van der Waals surface area contributed by atoms with Gasteiger partial charge in [0.15, 0.2) is 5.96 Å². The lowest BCUT2D eigenvalue weighted by atomic mass is 9.73. The van der Waals surface area contributed by atoms with Gasteiger partial charge in [0.05, 0.1) is 12.7 Å². The van der Waals surface area contributed by atoms with Gasteiger partial charge in [0, 0.05) is 32.9 Å². The van der Waals surface area contributed by atoms with Crippen LogP contribution in [0.1, 0.15) is 44.1 Å². The highest BCUT2D eigenvalue weighted by atomic mass is 15.3. The van der Waals surface area contributed by atoms with Gasteiger partial charge >= 0.3 is 0 Å². The van der Waals surface area contributed by atoms with Crippen molar-refractivity contribution < 1.29 is 0 Å². The number of aryl methyl sites for hydroxylation is 1. The molecule has 122 valence electrons. The Morgan fingerprint density at radius 2 is 2.14 bits per heavy atom. The summed E-state index contributed by atoms with van der Waals surface area (Å²) in [6.07, 6.45) is 12.4. The standard InChI is InChI=1S/C17H29N5/c1-15-12-20-22(13-15)11-9-19-16(18-2)21-10-8-17(14-21)6-4-3-5-7-17/h12-13H,3-11,14H2,1-2H3,(H,18,19). The van der Waals surface area contributed by atoms with Crippen LogP contribution in [-0.2, 0) is 6.54 Å². The normalized spacial score (nSPS) is 21.5. The highest BCUT2D eigenvalue weighted by Crippen LogP contribution is 2.43. The van der Waals surface area contributed by atoms with Gasteiger partial charge in [-0.3, -0.25) is 9.67 Å². The Labute approximate surface area is 133 Å². The molecule has 0 amide bonds. The number of nitrogens with one attached hydrogen (secondary N) is 1. The molecule has 5 nitrogen and oxygen atoms in total. The van der Waals surface area contributed by atoms with Gasteiger partial charge in [-0.2, -0.15) is 5.10 Å². The molecule has 0 bridgehead atoms. The Bertz CT molecular complexity index is 513. The van der Waals surface area contributed by atoms with Gasteiger partial charge in [0.2, 0.25) is 0 Å². The predicted molar refractivity (Wildman–Crippen MR) is 90.0 cm³/mol. The van der Waals surface area contributed by atoms with Crippen LogP contribution in [0.4, 0.5) is 0 Å². The van der Waals surface area contributed by atoms with Crippen molar-refractivity contribution in [2.45, 2.75) is 52.0 Å². The summed E-state index contributed by atoms with van der Waals surface area (Å²) in [7, 11) is 1.90. The van der Waals surface area contributed by atoms with E-state index in [1.807, 2.05) is 17.9 Å².